The number of ketones is 1. The molecule has 12 nitrogen and oxygen atoms in total. The van der Waals surface area contributed by atoms with Crippen molar-refractivity contribution in [3.63, 3.8) is 0 Å². The highest BCUT2D eigenvalue weighted by Crippen LogP contribution is 2.72. The minimum absolute atomic E-state index is 0.139. The number of hydrogen-bond acceptors (Lipinski definition) is 12. The van der Waals surface area contributed by atoms with Gasteiger partial charge in [0.1, 0.15) is 12.2 Å². The molecule has 220 valence electrons. The van der Waals surface area contributed by atoms with Crippen molar-refractivity contribution >= 4 is 23.7 Å². The molecular formula is C28H36O12. The Labute approximate surface area is 230 Å². The van der Waals surface area contributed by atoms with Crippen LogP contribution in [-0.4, -0.2) is 93.5 Å². The first-order valence-electron chi connectivity index (χ1n) is 13.3. The summed E-state index contributed by atoms with van der Waals surface area (Å²) in [5.41, 5.74) is -5.43. The van der Waals surface area contributed by atoms with Gasteiger partial charge in [-0.1, -0.05) is 6.92 Å². The fourth-order valence-corrected chi connectivity index (χ4v) is 8.37. The average molecular weight is 565 g/mol. The minimum Gasteiger partial charge on any atom is -0.504 e. The molecule has 2 bridgehead atoms. The van der Waals surface area contributed by atoms with Crippen molar-refractivity contribution < 1.29 is 58.6 Å². The van der Waals surface area contributed by atoms with E-state index in [0.717, 1.165) is 13.2 Å². The molecule has 0 aromatic rings. The third kappa shape index (κ3) is 3.45. The lowest BCUT2D eigenvalue weighted by molar-refractivity contribution is -0.290. The molecule has 10 atom stereocenters. The first-order chi connectivity index (χ1) is 18.5. The Morgan fingerprint density at radius 3 is 2.42 bits per heavy atom. The summed E-state index contributed by atoms with van der Waals surface area (Å²) in [5.74, 6) is -6.76. The Hall–Kier alpha value is -2.80. The van der Waals surface area contributed by atoms with E-state index in [4.69, 9.17) is 18.9 Å². The Morgan fingerprint density at radius 1 is 1.18 bits per heavy atom. The summed E-state index contributed by atoms with van der Waals surface area (Å²) in [4.78, 5) is 52.8. The van der Waals surface area contributed by atoms with Crippen LogP contribution in [0.25, 0.3) is 0 Å². The Balaban J connectivity index is 1.70. The Morgan fingerprint density at radius 2 is 1.82 bits per heavy atom. The van der Waals surface area contributed by atoms with E-state index in [1.807, 2.05) is 0 Å². The maximum absolute atomic E-state index is 13.5. The zero-order valence-electron chi connectivity index (χ0n) is 23.3. The van der Waals surface area contributed by atoms with Crippen LogP contribution in [0.5, 0.6) is 0 Å². The maximum Gasteiger partial charge on any atom is 0.348 e. The number of Topliss-reactive ketones (excluding diaryl/α,β-unsaturated/α-hetero) is 1. The van der Waals surface area contributed by atoms with Gasteiger partial charge in [0.15, 0.2) is 11.5 Å². The molecule has 0 radical (unpaired) electrons. The summed E-state index contributed by atoms with van der Waals surface area (Å²) in [5, 5.41) is 44.0. The molecule has 0 amide bonds. The van der Waals surface area contributed by atoms with Crippen molar-refractivity contribution in [1.82, 2.24) is 0 Å². The second-order valence-corrected chi connectivity index (χ2v) is 12.7. The lowest BCUT2D eigenvalue weighted by Gasteiger charge is -2.67. The molecule has 12 heteroatoms. The molecule has 2 saturated heterocycles. The second-order valence-electron chi connectivity index (χ2n) is 12.7. The molecule has 2 heterocycles. The summed E-state index contributed by atoms with van der Waals surface area (Å²) in [7, 11) is 1.07. The van der Waals surface area contributed by atoms with E-state index in [9.17, 15) is 39.6 Å². The fourth-order valence-electron chi connectivity index (χ4n) is 8.37. The number of esters is 3. The summed E-state index contributed by atoms with van der Waals surface area (Å²) < 4.78 is 22.6. The van der Waals surface area contributed by atoms with Gasteiger partial charge >= 0.3 is 17.9 Å². The summed E-state index contributed by atoms with van der Waals surface area (Å²) in [6.07, 6.45) is -5.28. The first kappa shape index (κ1) is 28.7. The number of hydrogen-bond donors (Lipinski definition) is 4. The number of ether oxygens (including phenoxy) is 4. The van der Waals surface area contributed by atoms with Gasteiger partial charge in [0, 0.05) is 23.8 Å². The molecule has 1 spiro atoms. The van der Waals surface area contributed by atoms with Gasteiger partial charge in [-0.05, 0) is 56.6 Å². The SMILES string of the molecule is COC(=O)[C@]12OC[C@@]34C(CC5C(C)=C(O)C(=O)C[C@]5(C)C3C(O)[C@@H]1O)OC(=O)C(OC(=O)/C=C(\C)C(C)(C)O)C42. The van der Waals surface area contributed by atoms with E-state index in [1.165, 1.54) is 20.8 Å². The molecule has 40 heavy (non-hydrogen) atoms. The van der Waals surface area contributed by atoms with Crippen LogP contribution in [0.2, 0.25) is 0 Å². The van der Waals surface area contributed by atoms with Gasteiger partial charge in [0.2, 0.25) is 11.7 Å². The predicted octanol–water partition coefficient (Wildman–Crippen LogP) is 0.268. The number of carbonyl (C=O) groups is 4. The summed E-state index contributed by atoms with van der Waals surface area (Å²) in [6, 6.07) is 0. The number of allylic oxidation sites excluding steroid dienone is 2. The van der Waals surface area contributed by atoms with E-state index in [-0.39, 0.29) is 30.8 Å². The summed E-state index contributed by atoms with van der Waals surface area (Å²) >= 11 is 0. The molecule has 4 fully saturated rings. The number of aliphatic hydroxyl groups is 4. The van der Waals surface area contributed by atoms with E-state index in [1.54, 1.807) is 13.8 Å². The van der Waals surface area contributed by atoms with E-state index >= 15 is 0 Å². The molecule has 2 aliphatic heterocycles. The highest BCUT2D eigenvalue weighted by atomic mass is 16.6. The van der Waals surface area contributed by atoms with E-state index < -0.39 is 87.9 Å². The quantitative estimate of drug-likeness (QED) is 0.208. The topological polar surface area (TPSA) is 186 Å². The monoisotopic (exact) mass is 564 g/mol. The fraction of sp³-hybridized carbons (Fsp3) is 0.714. The van der Waals surface area contributed by atoms with Gasteiger partial charge in [-0.25, -0.2) is 14.4 Å². The van der Waals surface area contributed by atoms with Gasteiger partial charge in [-0.15, -0.1) is 0 Å². The highest BCUT2D eigenvalue weighted by Gasteiger charge is 2.85. The Bertz CT molecular complexity index is 1240. The molecule has 4 N–H and O–H groups in total. The molecule has 6 unspecified atom stereocenters. The van der Waals surface area contributed by atoms with Gasteiger partial charge in [-0.3, -0.25) is 4.79 Å². The van der Waals surface area contributed by atoms with Crippen molar-refractivity contribution in [3.05, 3.63) is 23.0 Å². The molecule has 2 saturated carbocycles. The van der Waals surface area contributed by atoms with Gasteiger partial charge in [-0.2, -0.15) is 0 Å². The van der Waals surface area contributed by atoms with Gasteiger partial charge < -0.3 is 39.4 Å². The number of aliphatic hydroxyl groups excluding tert-OH is 3. The molecule has 5 aliphatic rings. The van der Waals surface area contributed by atoms with Crippen LogP contribution >= 0.6 is 0 Å². The van der Waals surface area contributed by atoms with Crippen molar-refractivity contribution in [1.29, 1.82) is 0 Å². The lowest BCUT2D eigenvalue weighted by Crippen LogP contribution is -2.79. The molecular weight excluding hydrogens is 528 g/mol. The zero-order chi connectivity index (χ0) is 29.7. The third-order valence-electron chi connectivity index (χ3n) is 10.4. The number of carbonyl (C=O) groups excluding carboxylic acids is 4. The largest absolute Gasteiger partial charge is 0.504 e. The van der Waals surface area contributed by atoms with Crippen LogP contribution in [0.4, 0.5) is 0 Å². The van der Waals surface area contributed by atoms with Crippen molar-refractivity contribution in [2.24, 2.45) is 28.6 Å². The van der Waals surface area contributed by atoms with Crippen LogP contribution < -0.4 is 0 Å². The third-order valence-corrected chi connectivity index (χ3v) is 10.4. The lowest BCUT2D eigenvalue weighted by atomic mass is 9.38. The van der Waals surface area contributed by atoms with Crippen LogP contribution in [-0.2, 0) is 38.1 Å². The normalized spacial score (nSPS) is 44.4. The summed E-state index contributed by atoms with van der Waals surface area (Å²) in [6.45, 7) is 7.54. The molecule has 0 aromatic heterocycles. The number of fused-ring (bicyclic) bond motifs is 2. The number of rotatable bonds is 4. The van der Waals surface area contributed by atoms with Crippen LogP contribution in [0.1, 0.15) is 47.5 Å². The van der Waals surface area contributed by atoms with Crippen molar-refractivity contribution in [2.75, 3.05) is 13.7 Å². The molecule has 5 rings (SSSR count). The van der Waals surface area contributed by atoms with E-state index in [2.05, 4.69) is 0 Å². The predicted molar refractivity (Wildman–Crippen MR) is 133 cm³/mol. The number of methoxy groups -OCH3 is 1. The van der Waals surface area contributed by atoms with E-state index in [0.29, 0.717) is 5.57 Å². The highest BCUT2D eigenvalue weighted by molar-refractivity contribution is 5.95. The van der Waals surface area contributed by atoms with Crippen molar-refractivity contribution in [3.8, 4) is 0 Å². The zero-order valence-corrected chi connectivity index (χ0v) is 23.3. The van der Waals surface area contributed by atoms with Gasteiger partial charge in [0.25, 0.3) is 0 Å². The first-order valence-corrected chi connectivity index (χ1v) is 13.3. The molecule has 3 aliphatic carbocycles. The standard InChI is InChI=1S/C28H36O12/c1-11(25(3,4)36)7-16(30)40-19-21-27-10-38-28(21,24(35)37-6)22(33)18(32)20(27)26(5)9-14(29)17(31)12(2)13(26)8-15(27)39-23(19)34/h7,13,15,18-22,31-33,36H,8-10H2,1-6H3/b11-7+/t13?,15?,18?,19?,20?,21?,22-,26-,27+,28+/m0/s1. The van der Waals surface area contributed by atoms with Crippen LogP contribution in [0.15, 0.2) is 23.0 Å². The van der Waals surface area contributed by atoms with Gasteiger partial charge in [0.05, 0.1) is 31.3 Å². The average Bonchev–Trinajstić information content (AvgIpc) is 3.17. The van der Waals surface area contributed by atoms with Crippen molar-refractivity contribution in [2.45, 2.75) is 83.1 Å². The Kier molecular flexibility index (Phi) is 6.35. The molecule has 0 aromatic carbocycles. The van der Waals surface area contributed by atoms with Crippen LogP contribution in [0.3, 0.4) is 0 Å². The second kappa shape index (κ2) is 8.85. The van der Waals surface area contributed by atoms with Crippen LogP contribution in [0, 0.1) is 28.6 Å². The minimum atomic E-state index is -2.28. The maximum atomic E-state index is 13.5. The smallest absolute Gasteiger partial charge is 0.348 e.